The number of rotatable bonds is 1. The zero-order chi connectivity index (χ0) is 18.5. The fourth-order valence-electron chi connectivity index (χ4n) is 3.88. The summed E-state index contributed by atoms with van der Waals surface area (Å²) in [6.45, 7) is 2.73. The van der Waals surface area contributed by atoms with E-state index < -0.39 is 0 Å². The van der Waals surface area contributed by atoms with Crippen LogP contribution in [-0.4, -0.2) is 36.9 Å². The van der Waals surface area contributed by atoms with Crippen LogP contribution < -0.4 is 0 Å². The van der Waals surface area contributed by atoms with E-state index in [1.54, 1.807) is 23.0 Å². The molecule has 27 heavy (non-hydrogen) atoms. The highest BCUT2D eigenvalue weighted by atomic mass is 79.9. The molecule has 1 aliphatic rings. The topological polar surface area (TPSA) is 63.4 Å². The summed E-state index contributed by atoms with van der Waals surface area (Å²) < 4.78 is 2.44. The molecule has 7 heteroatoms. The number of aromatic nitrogens is 4. The lowest BCUT2D eigenvalue weighted by Gasteiger charge is -2.35. The van der Waals surface area contributed by atoms with Crippen LogP contribution in [0.4, 0.5) is 0 Å². The summed E-state index contributed by atoms with van der Waals surface area (Å²) in [5.74, 6) is -0.0685. The fraction of sp³-hybridized carbons (Fsp3) is 0.200. The van der Waals surface area contributed by atoms with Crippen LogP contribution in [0.15, 0.2) is 53.4 Å². The molecular weight excluding hydrogens is 406 g/mol. The van der Waals surface area contributed by atoms with Crippen LogP contribution in [0, 0.1) is 0 Å². The third kappa shape index (κ3) is 2.61. The molecule has 0 bridgehead atoms. The Morgan fingerprint density at radius 1 is 1.26 bits per heavy atom. The van der Waals surface area contributed by atoms with E-state index in [9.17, 15) is 4.79 Å². The first-order valence-corrected chi connectivity index (χ1v) is 9.59. The van der Waals surface area contributed by atoms with Gasteiger partial charge in [0.2, 0.25) is 0 Å². The summed E-state index contributed by atoms with van der Waals surface area (Å²) in [5, 5.41) is 5.59. The molecule has 0 aliphatic carbocycles. The van der Waals surface area contributed by atoms with Crippen molar-refractivity contribution in [1.29, 1.82) is 0 Å². The first kappa shape index (κ1) is 16.4. The molecule has 0 radical (unpaired) electrons. The van der Waals surface area contributed by atoms with Crippen molar-refractivity contribution < 1.29 is 4.79 Å². The van der Waals surface area contributed by atoms with Gasteiger partial charge in [-0.2, -0.15) is 5.10 Å². The Bertz CT molecular complexity index is 1200. The molecule has 6 nitrogen and oxygen atoms in total. The van der Waals surface area contributed by atoms with E-state index in [0.717, 1.165) is 16.4 Å². The molecule has 1 amide bonds. The molecule has 0 saturated carbocycles. The first-order chi connectivity index (χ1) is 13.1. The van der Waals surface area contributed by atoms with E-state index in [2.05, 4.69) is 50.1 Å². The number of fused-ring (bicyclic) bond motifs is 4. The molecule has 0 fully saturated rings. The van der Waals surface area contributed by atoms with Crippen molar-refractivity contribution in [1.82, 2.24) is 24.5 Å². The maximum Gasteiger partial charge on any atom is 0.274 e. The third-order valence-corrected chi connectivity index (χ3v) is 5.62. The van der Waals surface area contributed by atoms with E-state index in [1.165, 1.54) is 16.5 Å². The molecule has 1 unspecified atom stereocenters. The first-order valence-electron chi connectivity index (χ1n) is 8.80. The zero-order valence-corrected chi connectivity index (χ0v) is 16.2. The minimum Gasteiger partial charge on any atom is -0.330 e. The summed E-state index contributed by atoms with van der Waals surface area (Å²) in [5.41, 5.74) is 4.54. The molecular formula is C20H16BrN5O. The van der Waals surface area contributed by atoms with Crippen LogP contribution in [0.1, 0.15) is 34.6 Å². The largest absolute Gasteiger partial charge is 0.330 e. The van der Waals surface area contributed by atoms with Crippen LogP contribution in [0.3, 0.4) is 0 Å². The van der Waals surface area contributed by atoms with E-state index >= 15 is 0 Å². The SMILES string of the molecule is CC1c2ccc3ncccc3c2CCN1C(=O)c1cc2ncc(Br)cn2n1. The standard InChI is InChI=1S/C20H16BrN5O/c1-12-14-4-5-17-16(3-2-7-22-17)15(14)6-8-25(12)20(27)18-9-19-23-10-13(21)11-26(19)24-18/h2-5,7,9-12H,6,8H2,1H3. The highest BCUT2D eigenvalue weighted by Crippen LogP contribution is 2.34. The third-order valence-electron chi connectivity index (χ3n) is 5.21. The maximum atomic E-state index is 13.1. The Morgan fingerprint density at radius 2 is 2.15 bits per heavy atom. The number of nitrogens with zero attached hydrogens (tertiary/aromatic N) is 5. The van der Waals surface area contributed by atoms with Crippen molar-refractivity contribution in [2.24, 2.45) is 0 Å². The van der Waals surface area contributed by atoms with Crippen molar-refractivity contribution in [3.63, 3.8) is 0 Å². The van der Waals surface area contributed by atoms with Gasteiger partial charge in [0.25, 0.3) is 5.91 Å². The van der Waals surface area contributed by atoms with E-state index in [0.29, 0.717) is 17.9 Å². The molecule has 4 aromatic rings. The van der Waals surface area contributed by atoms with Gasteiger partial charge < -0.3 is 4.90 Å². The van der Waals surface area contributed by atoms with E-state index in [1.807, 2.05) is 23.2 Å². The van der Waals surface area contributed by atoms with Crippen molar-refractivity contribution in [3.05, 3.63) is 70.2 Å². The molecule has 1 atom stereocenters. The van der Waals surface area contributed by atoms with Crippen LogP contribution in [0.5, 0.6) is 0 Å². The van der Waals surface area contributed by atoms with Crippen LogP contribution in [0.25, 0.3) is 16.6 Å². The lowest BCUT2D eigenvalue weighted by molar-refractivity contribution is 0.0672. The van der Waals surface area contributed by atoms with Gasteiger partial charge in [-0.3, -0.25) is 9.78 Å². The van der Waals surface area contributed by atoms with E-state index in [-0.39, 0.29) is 11.9 Å². The molecule has 0 spiro atoms. The normalized spacial score (nSPS) is 16.7. The van der Waals surface area contributed by atoms with Crippen LogP contribution >= 0.6 is 15.9 Å². The molecule has 1 aliphatic heterocycles. The second-order valence-electron chi connectivity index (χ2n) is 6.73. The van der Waals surface area contributed by atoms with Crippen molar-refractivity contribution in [2.75, 3.05) is 6.54 Å². The van der Waals surface area contributed by atoms with Crippen molar-refractivity contribution >= 4 is 38.4 Å². The van der Waals surface area contributed by atoms with Gasteiger partial charge in [-0.05, 0) is 52.5 Å². The van der Waals surface area contributed by atoms with Gasteiger partial charge in [0, 0.05) is 36.6 Å². The number of pyridine rings is 1. The summed E-state index contributed by atoms with van der Waals surface area (Å²) in [6, 6.07) is 9.92. The predicted molar refractivity (Wildman–Crippen MR) is 106 cm³/mol. The lowest BCUT2D eigenvalue weighted by Crippen LogP contribution is -2.39. The van der Waals surface area contributed by atoms with E-state index in [4.69, 9.17) is 0 Å². The Morgan fingerprint density at radius 3 is 3.04 bits per heavy atom. The van der Waals surface area contributed by atoms with Gasteiger partial charge in [0.15, 0.2) is 11.3 Å². The van der Waals surface area contributed by atoms with Crippen molar-refractivity contribution in [2.45, 2.75) is 19.4 Å². The Kier molecular flexibility index (Phi) is 3.72. The number of halogens is 1. The number of hydrogen-bond acceptors (Lipinski definition) is 4. The number of benzene rings is 1. The van der Waals surface area contributed by atoms with Gasteiger partial charge in [0.1, 0.15) is 0 Å². The molecule has 1 aromatic carbocycles. The Balaban J connectivity index is 1.52. The second-order valence-corrected chi connectivity index (χ2v) is 7.65. The predicted octanol–water partition coefficient (Wildman–Crippen LogP) is 3.80. The number of amides is 1. The smallest absolute Gasteiger partial charge is 0.274 e. The molecule has 4 heterocycles. The maximum absolute atomic E-state index is 13.1. The Hall–Kier alpha value is -2.80. The lowest BCUT2D eigenvalue weighted by atomic mass is 9.90. The zero-order valence-electron chi connectivity index (χ0n) is 14.6. The Labute approximate surface area is 164 Å². The molecule has 3 aromatic heterocycles. The highest BCUT2D eigenvalue weighted by Gasteiger charge is 2.30. The van der Waals surface area contributed by atoms with Gasteiger partial charge in [-0.25, -0.2) is 9.50 Å². The summed E-state index contributed by atoms with van der Waals surface area (Å²) >= 11 is 3.38. The molecule has 5 rings (SSSR count). The average Bonchev–Trinajstić information content (AvgIpc) is 3.11. The average molecular weight is 422 g/mol. The number of carbonyl (C=O) groups excluding carboxylic acids is 1. The molecule has 0 N–H and O–H groups in total. The monoisotopic (exact) mass is 421 g/mol. The van der Waals surface area contributed by atoms with Crippen molar-refractivity contribution in [3.8, 4) is 0 Å². The van der Waals surface area contributed by atoms with Crippen LogP contribution in [-0.2, 0) is 6.42 Å². The van der Waals surface area contributed by atoms with Gasteiger partial charge in [0.05, 0.1) is 16.0 Å². The minimum atomic E-state index is -0.0685. The number of carbonyl (C=O) groups is 1. The van der Waals surface area contributed by atoms with Crippen LogP contribution in [0.2, 0.25) is 0 Å². The quantitative estimate of drug-likeness (QED) is 0.468. The van der Waals surface area contributed by atoms with Gasteiger partial charge in [-0.1, -0.05) is 12.1 Å². The second kappa shape index (κ2) is 6.13. The molecule has 134 valence electrons. The van der Waals surface area contributed by atoms with Gasteiger partial charge >= 0.3 is 0 Å². The highest BCUT2D eigenvalue weighted by molar-refractivity contribution is 9.10. The minimum absolute atomic E-state index is 0.0182. The summed E-state index contributed by atoms with van der Waals surface area (Å²) in [4.78, 5) is 23.8. The fourth-order valence-corrected chi connectivity index (χ4v) is 4.17. The molecule has 0 saturated heterocycles. The van der Waals surface area contributed by atoms with Gasteiger partial charge in [-0.15, -0.1) is 0 Å². The summed E-state index contributed by atoms with van der Waals surface area (Å²) in [6.07, 6.45) is 6.12. The number of hydrogen-bond donors (Lipinski definition) is 0. The summed E-state index contributed by atoms with van der Waals surface area (Å²) in [7, 11) is 0.